The number of amides is 3. The highest BCUT2D eigenvalue weighted by atomic mass is 79.9. The summed E-state index contributed by atoms with van der Waals surface area (Å²) in [6, 6.07) is 16.1. The molecule has 1 fully saturated rings. The predicted molar refractivity (Wildman–Crippen MR) is 168 cm³/mol. The zero-order valence-corrected chi connectivity index (χ0v) is 26.4. The second-order valence-corrected chi connectivity index (χ2v) is 14.6. The van der Waals surface area contributed by atoms with Crippen LogP contribution in [0.4, 0.5) is 0 Å². The fourth-order valence-corrected chi connectivity index (χ4v) is 8.50. The molecule has 2 aromatic heterocycles. The van der Waals surface area contributed by atoms with Crippen LogP contribution in [0, 0.1) is 10.2 Å². The van der Waals surface area contributed by atoms with Gasteiger partial charge in [-0.2, -0.15) is 0 Å². The van der Waals surface area contributed by atoms with Gasteiger partial charge in [0.2, 0.25) is 11.8 Å². The van der Waals surface area contributed by atoms with Gasteiger partial charge in [-0.15, -0.1) is 0 Å². The van der Waals surface area contributed by atoms with E-state index in [0.29, 0.717) is 40.0 Å². The van der Waals surface area contributed by atoms with Crippen molar-refractivity contribution < 1.29 is 18.6 Å². The number of hydrogen-bond acceptors (Lipinski definition) is 6. The summed E-state index contributed by atoms with van der Waals surface area (Å²) in [6.07, 6.45) is 5.63. The van der Waals surface area contributed by atoms with Gasteiger partial charge in [-0.3, -0.25) is 23.3 Å². The van der Waals surface area contributed by atoms with Gasteiger partial charge in [-0.25, -0.2) is 8.99 Å². The van der Waals surface area contributed by atoms with Crippen LogP contribution < -0.4 is 5.32 Å². The number of aromatic nitrogens is 2. The average Bonchev–Trinajstić information content (AvgIpc) is 3.26. The van der Waals surface area contributed by atoms with E-state index in [9.17, 15) is 18.6 Å². The Morgan fingerprint density at radius 1 is 1.18 bits per heavy atom. The Hall–Kier alpha value is -4.29. The standard InChI is InChI=1S/C32H29BrN6O4S/c1-19(26-13-20-16-35-11-10-25(20)39(26)44(34,43)23-6-4-3-5-7-23)36-30(41)27-14-32(2)15-28(32)38(27)29(40)18-37-17-21-12-22(33)8-9-24(21)31(37)42/h3-13,15-16,19,27,34H,14,17-18H2,1-2H3,(H,36,41)/t19-,27+,32-,44?/m1/s1. The monoisotopic (exact) mass is 672 g/mol. The Kier molecular flexibility index (Phi) is 6.56. The van der Waals surface area contributed by atoms with Gasteiger partial charge in [0.05, 0.1) is 22.1 Å². The normalized spacial score (nSPS) is 22.3. The first-order valence-electron chi connectivity index (χ1n) is 14.2. The molecule has 1 saturated heterocycles. The number of pyridine rings is 1. The van der Waals surface area contributed by atoms with Crippen molar-refractivity contribution in [1.82, 2.24) is 24.1 Å². The molecule has 3 amide bonds. The van der Waals surface area contributed by atoms with Gasteiger partial charge in [-0.05, 0) is 61.4 Å². The third-order valence-corrected chi connectivity index (χ3v) is 11.0. The van der Waals surface area contributed by atoms with E-state index in [1.165, 1.54) is 13.8 Å². The van der Waals surface area contributed by atoms with Crippen LogP contribution in [0.3, 0.4) is 0 Å². The van der Waals surface area contributed by atoms with Crippen molar-refractivity contribution in [3.05, 3.63) is 106 Å². The summed E-state index contributed by atoms with van der Waals surface area (Å²) in [5, 5.41) is 3.73. The number of rotatable bonds is 7. The minimum Gasteiger partial charge on any atom is -0.346 e. The summed E-state index contributed by atoms with van der Waals surface area (Å²) in [5.74, 6) is -0.878. The molecule has 4 aromatic rings. The molecule has 4 heterocycles. The van der Waals surface area contributed by atoms with Gasteiger partial charge in [0.1, 0.15) is 12.6 Å². The molecule has 0 bridgehead atoms. The molecule has 44 heavy (non-hydrogen) atoms. The molecular formula is C32H29BrN6O4S. The third kappa shape index (κ3) is 4.55. The van der Waals surface area contributed by atoms with Crippen LogP contribution in [0.2, 0.25) is 0 Å². The molecule has 0 spiro atoms. The van der Waals surface area contributed by atoms with Crippen LogP contribution in [0.1, 0.15) is 47.9 Å². The van der Waals surface area contributed by atoms with Crippen LogP contribution in [0.15, 0.2) is 94.2 Å². The first-order valence-corrected chi connectivity index (χ1v) is 16.5. The fraction of sp³-hybridized carbons (Fsp3) is 0.250. The van der Waals surface area contributed by atoms with E-state index in [1.54, 1.807) is 73.9 Å². The highest BCUT2D eigenvalue weighted by molar-refractivity contribution is 9.10. The van der Waals surface area contributed by atoms with E-state index in [2.05, 4.69) is 26.2 Å². The molecule has 7 rings (SSSR count). The maximum absolute atomic E-state index is 14.1. The number of halogens is 1. The second kappa shape index (κ2) is 10.1. The number of allylic oxidation sites excluding steroid dienone is 2. The number of nitrogens with one attached hydrogen (secondary N) is 2. The highest BCUT2D eigenvalue weighted by Gasteiger charge is 2.57. The Balaban J connectivity index is 1.14. The first kappa shape index (κ1) is 28.5. The van der Waals surface area contributed by atoms with E-state index in [-0.39, 0.29) is 29.7 Å². The van der Waals surface area contributed by atoms with Crippen molar-refractivity contribution in [2.24, 2.45) is 5.41 Å². The van der Waals surface area contributed by atoms with Gasteiger partial charge in [0, 0.05) is 45.5 Å². The van der Waals surface area contributed by atoms with E-state index in [4.69, 9.17) is 4.78 Å². The molecule has 224 valence electrons. The SMILES string of the molecule is C[C@@H](NC(=O)[C@@H]1C[C@]2(C)C=C2N1C(=O)CN1Cc2cc(Br)ccc2C1=O)c1cc2cnccc2n1S(=N)(=O)c1ccccc1. The Morgan fingerprint density at radius 3 is 2.73 bits per heavy atom. The number of carbonyl (C=O) groups excluding carboxylic acids is 3. The lowest BCUT2D eigenvalue weighted by molar-refractivity contribution is -0.137. The minimum absolute atomic E-state index is 0.142. The van der Waals surface area contributed by atoms with E-state index in [0.717, 1.165) is 15.7 Å². The lowest BCUT2D eigenvalue weighted by atomic mass is 9.99. The number of nitrogens with zero attached hydrogens (tertiary/aromatic N) is 4. The van der Waals surface area contributed by atoms with Gasteiger partial charge in [0.25, 0.3) is 5.91 Å². The fourth-order valence-electron chi connectivity index (χ4n) is 6.40. The molecule has 3 aliphatic rings. The van der Waals surface area contributed by atoms with Crippen molar-refractivity contribution >= 4 is 54.5 Å². The molecule has 1 aliphatic carbocycles. The van der Waals surface area contributed by atoms with Crippen LogP contribution in [0.5, 0.6) is 0 Å². The zero-order chi connectivity index (χ0) is 31.0. The molecule has 4 atom stereocenters. The Labute approximate surface area is 263 Å². The summed E-state index contributed by atoms with van der Waals surface area (Å²) in [4.78, 5) is 48.2. The zero-order valence-electron chi connectivity index (χ0n) is 24.0. The van der Waals surface area contributed by atoms with E-state index >= 15 is 0 Å². The molecule has 1 unspecified atom stereocenters. The van der Waals surface area contributed by atoms with Crippen molar-refractivity contribution in [2.45, 2.75) is 43.8 Å². The predicted octanol–water partition coefficient (Wildman–Crippen LogP) is 5.01. The van der Waals surface area contributed by atoms with Crippen LogP contribution >= 0.6 is 15.9 Å². The largest absolute Gasteiger partial charge is 0.346 e. The first-order chi connectivity index (χ1) is 21.0. The molecule has 0 radical (unpaired) electrons. The van der Waals surface area contributed by atoms with Crippen molar-refractivity contribution in [2.75, 3.05) is 6.54 Å². The summed E-state index contributed by atoms with van der Waals surface area (Å²) < 4.78 is 25.4. The number of carbonyl (C=O) groups is 3. The number of benzene rings is 2. The molecule has 12 heteroatoms. The molecule has 2 N–H and O–H groups in total. The van der Waals surface area contributed by atoms with Crippen molar-refractivity contribution in [3.63, 3.8) is 0 Å². The quantitative estimate of drug-likeness (QED) is 0.285. The summed E-state index contributed by atoms with van der Waals surface area (Å²) in [6.45, 7) is 3.95. The van der Waals surface area contributed by atoms with E-state index in [1.807, 2.05) is 19.1 Å². The summed E-state index contributed by atoms with van der Waals surface area (Å²) >= 11 is 3.44. The lowest BCUT2D eigenvalue weighted by Gasteiger charge is -2.28. The van der Waals surface area contributed by atoms with Gasteiger partial charge in [-0.1, -0.05) is 47.1 Å². The van der Waals surface area contributed by atoms with Crippen LogP contribution in [-0.4, -0.2) is 53.3 Å². The lowest BCUT2D eigenvalue weighted by Crippen LogP contribution is -2.49. The number of hydrogen-bond donors (Lipinski definition) is 2. The van der Waals surface area contributed by atoms with Crippen LogP contribution in [0.25, 0.3) is 10.9 Å². The third-order valence-electron chi connectivity index (χ3n) is 8.70. The van der Waals surface area contributed by atoms with E-state index < -0.39 is 22.0 Å². The smallest absolute Gasteiger partial charge is 0.254 e. The van der Waals surface area contributed by atoms with Crippen LogP contribution in [-0.2, 0) is 26.0 Å². The second-order valence-electron chi connectivity index (χ2n) is 11.8. The van der Waals surface area contributed by atoms with Crippen molar-refractivity contribution in [1.29, 1.82) is 4.78 Å². The molecular weight excluding hydrogens is 644 g/mol. The summed E-state index contributed by atoms with van der Waals surface area (Å²) in [5.41, 5.74) is 2.92. The summed E-state index contributed by atoms with van der Waals surface area (Å²) in [7, 11) is -3.51. The van der Waals surface area contributed by atoms with Gasteiger partial charge >= 0.3 is 0 Å². The molecule has 2 aromatic carbocycles. The topological polar surface area (TPSA) is 128 Å². The van der Waals surface area contributed by atoms with Gasteiger partial charge < -0.3 is 15.1 Å². The molecule has 0 saturated carbocycles. The van der Waals surface area contributed by atoms with Crippen molar-refractivity contribution in [3.8, 4) is 0 Å². The molecule has 2 aliphatic heterocycles. The maximum atomic E-state index is 14.1. The number of fused-ring (bicyclic) bond motifs is 3. The van der Waals surface area contributed by atoms with Gasteiger partial charge in [0.15, 0.2) is 9.92 Å². The highest BCUT2D eigenvalue weighted by Crippen LogP contribution is 2.56. The Bertz CT molecular complexity index is 2020. The molecule has 10 nitrogen and oxygen atoms in total. The Morgan fingerprint density at radius 2 is 1.95 bits per heavy atom. The average molecular weight is 674 g/mol. The minimum atomic E-state index is -3.51. The number of likely N-dealkylation sites (tertiary alicyclic amines) is 1. The maximum Gasteiger partial charge on any atom is 0.254 e.